The molecule has 4 heteroatoms. The van der Waals surface area contributed by atoms with E-state index in [1.807, 2.05) is 37.3 Å². The van der Waals surface area contributed by atoms with Crippen molar-refractivity contribution in [3.63, 3.8) is 0 Å². The zero-order chi connectivity index (χ0) is 17.1. The molecule has 0 fully saturated rings. The van der Waals surface area contributed by atoms with Gasteiger partial charge in [-0.2, -0.15) is 0 Å². The lowest BCUT2D eigenvalue weighted by Gasteiger charge is -2.11. The number of hydrogen-bond acceptors (Lipinski definition) is 4. The molecule has 0 saturated carbocycles. The van der Waals surface area contributed by atoms with Crippen LogP contribution < -0.4 is 4.74 Å². The molecule has 2 aromatic carbocycles. The lowest BCUT2D eigenvalue weighted by atomic mass is 9.99. The van der Waals surface area contributed by atoms with E-state index in [4.69, 9.17) is 4.74 Å². The van der Waals surface area contributed by atoms with Crippen molar-refractivity contribution in [1.29, 1.82) is 0 Å². The van der Waals surface area contributed by atoms with Gasteiger partial charge >= 0.3 is 0 Å². The fourth-order valence-corrected chi connectivity index (χ4v) is 2.68. The van der Waals surface area contributed by atoms with Crippen LogP contribution in [0.5, 0.6) is 5.75 Å². The maximum absolute atomic E-state index is 11.2. The third-order valence-electron chi connectivity index (χ3n) is 3.95. The molecule has 0 atom stereocenters. The molecule has 0 unspecified atom stereocenters. The lowest BCUT2D eigenvalue weighted by molar-refractivity contribution is 0.111. The van der Waals surface area contributed by atoms with Crippen molar-refractivity contribution in [2.75, 3.05) is 6.61 Å². The first-order valence-corrected chi connectivity index (χ1v) is 8.12. The molecular formula is C20H20N2O2. The van der Waals surface area contributed by atoms with E-state index in [0.717, 1.165) is 27.9 Å². The molecule has 0 radical (unpaired) electrons. The zero-order valence-electron chi connectivity index (χ0n) is 14.1. The highest BCUT2D eigenvalue weighted by atomic mass is 16.5. The summed E-state index contributed by atoms with van der Waals surface area (Å²) < 4.78 is 5.59. The fourth-order valence-electron chi connectivity index (χ4n) is 2.68. The van der Waals surface area contributed by atoms with Gasteiger partial charge in [0.1, 0.15) is 5.75 Å². The van der Waals surface area contributed by atoms with Crippen molar-refractivity contribution >= 4 is 17.2 Å². The Hall–Kier alpha value is -2.75. The predicted octanol–water partition coefficient (Wildman–Crippen LogP) is 4.63. The first-order valence-electron chi connectivity index (χ1n) is 8.12. The van der Waals surface area contributed by atoms with E-state index >= 15 is 0 Å². The van der Waals surface area contributed by atoms with Gasteiger partial charge in [0, 0.05) is 10.9 Å². The van der Waals surface area contributed by atoms with Crippen LogP contribution in [0.25, 0.3) is 22.2 Å². The van der Waals surface area contributed by atoms with Gasteiger partial charge in [-0.15, -0.1) is 0 Å². The number of aldehydes is 1. The van der Waals surface area contributed by atoms with Crippen molar-refractivity contribution in [2.45, 2.75) is 26.7 Å². The second kappa shape index (κ2) is 6.79. The van der Waals surface area contributed by atoms with Crippen LogP contribution in [0.2, 0.25) is 0 Å². The second-order valence-corrected chi connectivity index (χ2v) is 5.94. The van der Waals surface area contributed by atoms with Gasteiger partial charge in [0.05, 0.1) is 17.8 Å². The predicted molar refractivity (Wildman–Crippen MR) is 95.6 cm³/mol. The number of fused-ring (bicyclic) bond motifs is 1. The Morgan fingerprint density at radius 1 is 1.08 bits per heavy atom. The average molecular weight is 320 g/mol. The minimum Gasteiger partial charge on any atom is -0.494 e. The topological polar surface area (TPSA) is 52.1 Å². The molecule has 1 aromatic heterocycles. The first-order chi connectivity index (χ1) is 11.6. The van der Waals surface area contributed by atoms with E-state index in [1.165, 1.54) is 5.56 Å². The highest BCUT2D eigenvalue weighted by Crippen LogP contribution is 2.30. The van der Waals surface area contributed by atoms with Gasteiger partial charge in [0.2, 0.25) is 0 Å². The molecule has 0 aliphatic rings. The van der Waals surface area contributed by atoms with Gasteiger partial charge in [0.25, 0.3) is 0 Å². The molecule has 0 aliphatic carbocycles. The van der Waals surface area contributed by atoms with Crippen LogP contribution in [-0.4, -0.2) is 22.9 Å². The molecule has 3 aromatic rings. The number of carbonyl (C=O) groups is 1. The van der Waals surface area contributed by atoms with E-state index in [9.17, 15) is 4.79 Å². The molecule has 4 nitrogen and oxygen atoms in total. The summed E-state index contributed by atoms with van der Waals surface area (Å²) in [6.45, 7) is 6.86. The normalized spacial score (nSPS) is 11.0. The smallest absolute Gasteiger partial charge is 0.193 e. The second-order valence-electron chi connectivity index (χ2n) is 5.94. The lowest BCUT2D eigenvalue weighted by Crippen LogP contribution is -1.99. The SMILES string of the molecule is CCOc1ccc2nc(C=O)nc(-c3ccc(C(C)C)cc3)c2c1. The Labute approximate surface area is 141 Å². The first kappa shape index (κ1) is 16.1. The Kier molecular flexibility index (Phi) is 4.56. The molecule has 3 rings (SSSR count). The van der Waals surface area contributed by atoms with E-state index in [2.05, 4.69) is 35.9 Å². The number of hydrogen-bond donors (Lipinski definition) is 0. The Bertz CT molecular complexity index is 871. The van der Waals surface area contributed by atoms with Gasteiger partial charge in [-0.05, 0) is 36.6 Å². The van der Waals surface area contributed by atoms with Crippen LogP contribution in [-0.2, 0) is 0 Å². The van der Waals surface area contributed by atoms with Crippen LogP contribution in [0.1, 0.15) is 42.9 Å². The fraction of sp³-hybridized carbons (Fsp3) is 0.250. The Morgan fingerprint density at radius 2 is 1.83 bits per heavy atom. The largest absolute Gasteiger partial charge is 0.494 e. The number of nitrogens with zero attached hydrogens (tertiary/aromatic N) is 2. The Morgan fingerprint density at radius 3 is 2.46 bits per heavy atom. The molecule has 0 aliphatic heterocycles. The van der Waals surface area contributed by atoms with Crippen molar-refractivity contribution < 1.29 is 9.53 Å². The summed E-state index contributed by atoms with van der Waals surface area (Å²) in [5, 5.41) is 0.879. The standard InChI is InChI=1S/C20H20N2O2/c1-4-24-16-9-10-18-17(11-16)20(22-19(12-23)21-18)15-7-5-14(6-8-15)13(2)3/h5-13H,4H2,1-3H3. The van der Waals surface area contributed by atoms with Crippen molar-refractivity contribution in [3.8, 4) is 17.0 Å². The monoisotopic (exact) mass is 320 g/mol. The van der Waals surface area contributed by atoms with Gasteiger partial charge in [-0.3, -0.25) is 4.79 Å². The van der Waals surface area contributed by atoms with Gasteiger partial charge in [-0.25, -0.2) is 9.97 Å². The third-order valence-corrected chi connectivity index (χ3v) is 3.95. The molecular weight excluding hydrogens is 300 g/mol. The van der Waals surface area contributed by atoms with Crippen LogP contribution >= 0.6 is 0 Å². The van der Waals surface area contributed by atoms with E-state index < -0.39 is 0 Å². The van der Waals surface area contributed by atoms with E-state index in [-0.39, 0.29) is 5.82 Å². The summed E-state index contributed by atoms with van der Waals surface area (Å²) in [5.74, 6) is 1.43. The van der Waals surface area contributed by atoms with Crippen LogP contribution in [0, 0.1) is 0 Å². The maximum atomic E-state index is 11.2. The number of ether oxygens (including phenoxy) is 1. The molecule has 0 N–H and O–H groups in total. The van der Waals surface area contributed by atoms with E-state index in [1.54, 1.807) is 0 Å². The van der Waals surface area contributed by atoms with Crippen LogP contribution in [0.15, 0.2) is 42.5 Å². The molecule has 122 valence electrons. The molecule has 1 heterocycles. The van der Waals surface area contributed by atoms with Gasteiger partial charge < -0.3 is 4.74 Å². The minimum atomic E-state index is 0.189. The maximum Gasteiger partial charge on any atom is 0.193 e. The number of rotatable bonds is 5. The zero-order valence-corrected chi connectivity index (χ0v) is 14.1. The Balaban J connectivity index is 2.19. The molecule has 24 heavy (non-hydrogen) atoms. The van der Waals surface area contributed by atoms with Crippen LogP contribution in [0.4, 0.5) is 0 Å². The highest BCUT2D eigenvalue weighted by Gasteiger charge is 2.11. The summed E-state index contributed by atoms with van der Waals surface area (Å²) in [7, 11) is 0. The van der Waals surface area contributed by atoms with Crippen molar-refractivity contribution in [2.24, 2.45) is 0 Å². The summed E-state index contributed by atoms with van der Waals surface area (Å²) in [4.78, 5) is 19.9. The number of aromatic nitrogens is 2. The molecule has 0 amide bonds. The summed E-state index contributed by atoms with van der Waals surface area (Å²) in [6.07, 6.45) is 0.682. The molecule has 0 bridgehead atoms. The summed E-state index contributed by atoms with van der Waals surface area (Å²) >= 11 is 0. The minimum absolute atomic E-state index is 0.189. The third kappa shape index (κ3) is 3.13. The van der Waals surface area contributed by atoms with Crippen molar-refractivity contribution in [1.82, 2.24) is 9.97 Å². The number of carbonyl (C=O) groups excluding carboxylic acids is 1. The van der Waals surface area contributed by atoms with E-state index in [0.29, 0.717) is 18.8 Å². The van der Waals surface area contributed by atoms with Gasteiger partial charge in [-0.1, -0.05) is 38.1 Å². The molecule has 0 spiro atoms. The van der Waals surface area contributed by atoms with Crippen LogP contribution in [0.3, 0.4) is 0 Å². The van der Waals surface area contributed by atoms with Crippen molar-refractivity contribution in [3.05, 3.63) is 53.9 Å². The highest BCUT2D eigenvalue weighted by molar-refractivity contribution is 5.94. The van der Waals surface area contributed by atoms with Gasteiger partial charge in [0.15, 0.2) is 12.1 Å². The summed E-state index contributed by atoms with van der Waals surface area (Å²) in [6, 6.07) is 13.9. The summed E-state index contributed by atoms with van der Waals surface area (Å²) in [5.41, 5.74) is 3.71. The number of benzene rings is 2. The molecule has 0 saturated heterocycles. The average Bonchev–Trinajstić information content (AvgIpc) is 2.61. The quantitative estimate of drug-likeness (QED) is 0.643.